The largest absolute Gasteiger partial charge is 0.352 e. The second-order valence-electron chi connectivity index (χ2n) is 11.4. The van der Waals surface area contributed by atoms with Gasteiger partial charge in [0.05, 0.1) is 5.39 Å². The molecule has 3 nitrogen and oxygen atoms in total. The van der Waals surface area contributed by atoms with Gasteiger partial charge >= 0.3 is 0 Å². The average molecular weight is 515 g/mol. The summed E-state index contributed by atoms with van der Waals surface area (Å²) in [5.74, 6) is -1.35. The number of pyridine rings is 2. The summed E-state index contributed by atoms with van der Waals surface area (Å²) in [5.41, 5.74) is 10.5. The van der Waals surface area contributed by atoms with Crippen LogP contribution < -0.4 is 4.40 Å². The summed E-state index contributed by atoms with van der Waals surface area (Å²) in [4.78, 5) is 4.92. The first-order valence-electron chi connectivity index (χ1n) is 13.8. The lowest BCUT2D eigenvalue weighted by molar-refractivity contribution is -0.524. The molecule has 0 spiro atoms. The maximum Gasteiger partial charge on any atom is 0.219 e. The fourth-order valence-corrected chi connectivity index (χ4v) is 7.98. The highest BCUT2D eigenvalue weighted by Gasteiger charge is 2.54. The molecule has 2 aromatic heterocycles. The van der Waals surface area contributed by atoms with E-state index in [1.807, 2.05) is 6.07 Å². The lowest BCUT2D eigenvalue weighted by atomic mass is 9.79. The van der Waals surface area contributed by atoms with Crippen LogP contribution in [0.5, 0.6) is 0 Å². The molecule has 5 heterocycles. The van der Waals surface area contributed by atoms with Crippen LogP contribution in [-0.2, 0) is 12.8 Å². The molecule has 0 saturated carbocycles. The molecule has 0 saturated heterocycles. The summed E-state index contributed by atoms with van der Waals surface area (Å²) in [6.07, 6.45) is 8.54. The first kappa shape index (κ1) is 21.7. The van der Waals surface area contributed by atoms with Crippen LogP contribution in [0.2, 0.25) is 0 Å². The Hall–Kier alpha value is -4.25. The third-order valence-electron chi connectivity index (χ3n) is 9.58. The summed E-state index contributed by atoms with van der Waals surface area (Å²) >= 11 is 0. The zero-order chi connectivity index (χ0) is 26.0. The smallest absolute Gasteiger partial charge is 0.219 e. The standard InChI is InChI=1S/C34H26F2N3/c1-19-16-28-23-10-11-27(35)31(36)30(23)25-17-24-22-9-5-8-21-12-13-37-14-15-38(34(37)29(21)22)32(24)33(25)39(28)18-26(19)20-6-3-2-4-7-20/h2-11,14-16,18,24,32,34H,12-13,17H2,1H3/q+1. The Bertz CT molecular complexity index is 1910. The van der Waals surface area contributed by atoms with E-state index in [4.69, 9.17) is 0 Å². The van der Waals surface area contributed by atoms with Crippen LogP contribution >= 0.6 is 0 Å². The van der Waals surface area contributed by atoms with Crippen molar-refractivity contribution in [2.75, 3.05) is 6.54 Å². The molecule has 0 fully saturated rings. The van der Waals surface area contributed by atoms with Gasteiger partial charge in [-0.1, -0.05) is 48.5 Å². The molecule has 0 N–H and O–H groups in total. The highest BCUT2D eigenvalue weighted by Crippen LogP contribution is 2.58. The Morgan fingerprint density at radius 3 is 2.69 bits per heavy atom. The molecule has 3 aliphatic heterocycles. The molecule has 4 aliphatic rings. The van der Waals surface area contributed by atoms with Crippen molar-refractivity contribution in [1.29, 1.82) is 0 Å². The molecule has 3 atom stereocenters. The topological polar surface area (TPSA) is 10.6 Å². The lowest BCUT2D eigenvalue weighted by Crippen LogP contribution is -2.45. The molecule has 0 bridgehead atoms. The van der Waals surface area contributed by atoms with Gasteiger partial charge in [0.2, 0.25) is 11.2 Å². The van der Waals surface area contributed by atoms with E-state index < -0.39 is 11.6 Å². The van der Waals surface area contributed by atoms with Crippen LogP contribution in [0.1, 0.15) is 51.6 Å². The molecule has 1 aliphatic carbocycles. The van der Waals surface area contributed by atoms with Gasteiger partial charge in [-0.05, 0) is 54.2 Å². The minimum atomic E-state index is -0.785. The third-order valence-corrected chi connectivity index (χ3v) is 9.58. The van der Waals surface area contributed by atoms with Crippen molar-refractivity contribution in [3.05, 3.63) is 130 Å². The molecule has 5 heteroatoms. The monoisotopic (exact) mass is 514 g/mol. The van der Waals surface area contributed by atoms with Gasteiger partial charge in [-0.15, -0.1) is 0 Å². The number of nitrogens with zero attached hydrogens (tertiary/aromatic N) is 3. The predicted octanol–water partition coefficient (Wildman–Crippen LogP) is 6.87. The zero-order valence-corrected chi connectivity index (χ0v) is 21.5. The minimum absolute atomic E-state index is 0.0259. The molecule has 0 radical (unpaired) electrons. The van der Waals surface area contributed by atoms with E-state index in [0.29, 0.717) is 11.8 Å². The van der Waals surface area contributed by atoms with Gasteiger partial charge in [-0.2, -0.15) is 4.40 Å². The average Bonchev–Trinajstić information content (AvgIpc) is 3.57. The number of benzene rings is 3. The van der Waals surface area contributed by atoms with Gasteiger partial charge in [0, 0.05) is 53.0 Å². The highest BCUT2D eigenvalue weighted by molar-refractivity contribution is 5.97. The van der Waals surface area contributed by atoms with Crippen molar-refractivity contribution in [1.82, 2.24) is 9.80 Å². The maximum atomic E-state index is 15.8. The van der Waals surface area contributed by atoms with Gasteiger partial charge in [0.15, 0.2) is 17.8 Å². The number of rotatable bonds is 1. The molecule has 190 valence electrons. The fourth-order valence-electron chi connectivity index (χ4n) is 7.98. The van der Waals surface area contributed by atoms with Crippen LogP contribution in [-0.4, -0.2) is 16.3 Å². The van der Waals surface area contributed by atoms with Crippen LogP contribution in [0.3, 0.4) is 0 Å². The van der Waals surface area contributed by atoms with Gasteiger partial charge in [0.1, 0.15) is 12.2 Å². The number of aromatic nitrogens is 1. The molecule has 39 heavy (non-hydrogen) atoms. The number of fused-ring (bicyclic) bond motifs is 10. The Balaban J connectivity index is 1.41. The van der Waals surface area contributed by atoms with Gasteiger partial charge in [-0.25, -0.2) is 8.78 Å². The van der Waals surface area contributed by atoms with Crippen LogP contribution in [0.15, 0.2) is 85.3 Å². The van der Waals surface area contributed by atoms with E-state index in [-0.39, 0.29) is 18.1 Å². The summed E-state index contributed by atoms with van der Waals surface area (Å²) in [7, 11) is 0. The summed E-state index contributed by atoms with van der Waals surface area (Å²) in [6, 6.07) is 22.3. The first-order chi connectivity index (χ1) is 19.1. The SMILES string of the molecule is Cc1cc2c3ccc(F)c(F)c3c3c([n+]2cc1-c1ccccc1)C1C(C3)c2cccc3c2C2N(C=CN12)CC3. The van der Waals surface area contributed by atoms with Crippen LogP contribution in [0, 0.1) is 18.6 Å². The molecule has 9 rings (SSSR count). The second kappa shape index (κ2) is 7.44. The van der Waals surface area contributed by atoms with Crippen molar-refractivity contribution < 1.29 is 13.2 Å². The summed E-state index contributed by atoms with van der Waals surface area (Å²) in [6.45, 7) is 3.09. The third kappa shape index (κ3) is 2.68. The molecule has 3 unspecified atom stereocenters. The second-order valence-corrected chi connectivity index (χ2v) is 11.4. The van der Waals surface area contributed by atoms with E-state index in [2.05, 4.69) is 88.3 Å². The number of hydrogen-bond acceptors (Lipinski definition) is 2. The maximum absolute atomic E-state index is 15.8. The molecular weight excluding hydrogens is 488 g/mol. The van der Waals surface area contributed by atoms with E-state index >= 15 is 4.39 Å². The fraction of sp³-hybridized carbons (Fsp3) is 0.206. The van der Waals surface area contributed by atoms with E-state index in [1.54, 1.807) is 6.07 Å². The van der Waals surface area contributed by atoms with Crippen molar-refractivity contribution in [3.63, 3.8) is 0 Å². The highest BCUT2D eigenvalue weighted by atomic mass is 19.2. The van der Waals surface area contributed by atoms with Gasteiger partial charge < -0.3 is 9.80 Å². The molecule has 5 aromatic rings. The Morgan fingerprint density at radius 2 is 1.82 bits per heavy atom. The predicted molar refractivity (Wildman–Crippen MR) is 147 cm³/mol. The lowest BCUT2D eigenvalue weighted by Gasteiger charge is -2.46. The number of aryl methyl sites for hydroxylation is 1. The summed E-state index contributed by atoms with van der Waals surface area (Å²) in [5, 5.41) is 1.21. The van der Waals surface area contributed by atoms with Crippen LogP contribution in [0.4, 0.5) is 8.78 Å². The number of halogens is 2. The van der Waals surface area contributed by atoms with Crippen molar-refractivity contribution in [2.45, 2.75) is 37.9 Å². The number of hydrogen-bond donors (Lipinski definition) is 0. The van der Waals surface area contributed by atoms with Crippen molar-refractivity contribution in [2.24, 2.45) is 0 Å². The van der Waals surface area contributed by atoms with Gasteiger partial charge in [-0.3, -0.25) is 0 Å². The Kier molecular flexibility index (Phi) is 4.13. The normalized spacial score (nSPS) is 22.0. The zero-order valence-electron chi connectivity index (χ0n) is 21.5. The quantitative estimate of drug-likeness (QED) is 0.179. The molecular formula is C34H26F2N3+. The van der Waals surface area contributed by atoms with Crippen molar-refractivity contribution >= 4 is 16.3 Å². The van der Waals surface area contributed by atoms with Crippen molar-refractivity contribution in [3.8, 4) is 11.1 Å². The first-order valence-corrected chi connectivity index (χ1v) is 13.8. The van der Waals surface area contributed by atoms with Crippen LogP contribution in [0.25, 0.3) is 27.4 Å². The van der Waals surface area contributed by atoms with E-state index in [1.165, 1.54) is 22.8 Å². The Labute approximate surface area is 225 Å². The van der Waals surface area contributed by atoms with E-state index in [9.17, 15) is 4.39 Å². The molecule has 3 aromatic carbocycles. The Morgan fingerprint density at radius 1 is 0.949 bits per heavy atom. The summed E-state index contributed by atoms with van der Waals surface area (Å²) < 4.78 is 32.9. The van der Waals surface area contributed by atoms with Gasteiger partial charge in [0.25, 0.3) is 0 Å². The minimum Gasteiger partial charge on any atom is -0.352 e. The molecule has 0 amide bonds. The van der Waals surface area contributed by atoms with E-state index in [0.717, 1.165) is 51.8 Å².